The highest BCUT2D eigenvalue weighted by Gasteiger charge is 2.25. The van der Waals surface area contributed by atoms with Crippen LogP contribution in [0.15, 0.2) is 30.3 Å². The van der Waals surface area contributed by atoms with E-state index >= 15 is 0 Å². The Hall–Kier alpha value is -1.39. The predicted molar refractivity (Wildman–Crippen MR) is 77.5 cm³/mol. The van der Waals surface area contributed by atoms with Gasteiger partial charge in [0.15, 0.2) is 0 Å². The fraction of sp³-hybridized carbons (Fsp3) is 0.562. The third-order valence-corrected chi connectivity index (χ3v) is 3.62. The second-order valence-corrected chi connectivity index (χ2v) is 5.42. The Morgan fingerprint density at radius 2 is 2.00 bits per heavy atom. The van der Waals surface area contributed by atoms with Gasteiger partial charge >= 0.3 is 5.97 Å². The lowest BCUT2D eigenvalue weighted by molar-refractivity contribution is -0.151. The second kappa shape index (κ2) is 7.41. The summed E-state index contributed by atoms with van der Waals surface area (Å²) < 4.78 is 11.2. The van der Waals surface area contributed by atoms with Crippen LogP contribution in [0.5, 0.6) is 0 Å². The lowest BCUT2D eigenvalue weighted by Gasteiger charge is -2.19. The van der Waals surface area contributed by atoms with Gasteiger partial charge in [0, 0.05) is 6.61 Å². The molecule has 1 aromatic rings. The molecular weight excluding hydrogens is 254 g/mol. The molecule has 1 N–H and O–H groups in total. The first-order chi connectivity index (χ1) is 9.69. The van der Waals surface area contributed by atoms with E-state index in [0.29, 0.717) is 19.1 Å². The molecule has 1 aromatic carbocycles. The molecule has 1 fully saturated rings. The summed E-state index contributed by atoms with van der Waals surface area (Å²) in [6.07, 6.45) is 1.71. The van der Waals surface area contributed by atoms with E-state index in [-0.39, 0.29) is 18.1 Å². The molecule has 4 nitrogen and oxygen atoms in total. The summed E-state index contributed by atoms with van der Waals surface area (Å²) in [5, 5.41) is 2.93. The summed E-state index contributed by atoms with van der Waals surface area (Å²) >= 11 is 0. The average molecular weight is 277 g/mol. The van der Waals surface area contributed by atoms with E-state index in [9.17, 15) is 4.79 Å². The van der Waals surface area contributed by atoms with Crippen LogP contribution in [0.3, 0.4) is 0 Å². The van der Waals surface area contributed by atoms with Gasteiger partial charge in [-0.25, -0.2) is 0 Å². The minimum atomic E-state index is -0.368. The zero-order chi connectivity index (χ0) is 14.4. The molecule has 0 saturated carbocycles. The van der Waals surface area contributed by atoms with Crippen molar-refractivity contribution in [2.45, 2.75) is 31.9 Å². The maximum absolute atomic E-state index is 11.9. The maximum Gasteiger partial charge on any atom is 0.325 e. The molecule has 1 aliphatic rings. The Morgan fingerprint density at radius 1 is 1.25 bits per heavy atom. The largest absolute Gasteiger partial charge is 0.461 e. The number of cyclic esters (lactones) is 1. The number of benzene rings is 1. The summed E-state index contributed by atoms with van der Waals surface area (Å²) in [5.74, 6) is 0.149. The number of likely N-dealkylation sites (N-methyl/N-ethyl adjacent to an activating group) is 1. The Kier molecular flexibility index (Phi) is 5.56. The van der Waals surface area contributed by atoms with Crippen molar-refractivity contribution in [3.05, 3.63) is 35.9 Å². The first kappa shape index (κ1) is 15.0. The van der Waals surface area contributed by atoms with Crippen LogP contribution < -0.4 is 5.32 Å². The van der Waals surface area contributed by atoms with Crippen LogP contribution in [0.2, 0.25) is 0 Å². The number of carbonyl (C=O) groups excluding carboxylic acids is 1. The van der Waals surface area contributed by atoms with Gasteiger partial charge in [0.1, 0.15) is 6.04 Å². The van der Waals surface area contributed by atoms with Crippen molar-refractivity contribution in [3.8, 4) is 0 Å². The first-order valence-electron chi connectivity index (χ1n) is 7.18. The van der Waals surface area contributed by atoms with Crippen molar-refractivity contribution in [2.24, 2.45) is 5.92 Å². The smallest absolute Gasteiger partial charge is 0.325 e. The zero-order valence-electron chi connectivity index (χ0n) is 12.2. The third kappa shape index (κ3) is 4.32. The highest BCUT2D eigenvalue weighted by atomic mass is 16.5. The van der Waals surface area contributed by atoms with E-state index in [4.69, 9.17) is 9.47 Å². The standard InChI is InChI=1S/C16H23NO3/c1-12-8-14(9-13-6-4-3-5-7-13)10-19-11-15(17-2)16(18)20-12/h3-7,12,14-15,17H,8-11H2,1-2H3/t12?,14?,15-/m0/s1. The number of hydrogen-bond donors (Lipinski definition) is 1. The molecule has 1 aliphatic heterocycles. The molecule has 0 aliphatic carbocycles. The van der Waals surface area contributed by atoms with Crippen molar-refractivity contribution in [1.82, 2.24) is 5.32 Å². The van der Waals surface area contributed by atoms with Crippen LogP contribution in [0.25, 0.3) is 0 Å². The first-order valence-corrected chi connectivity index (χ1v) is 7.18. The summed E-state index contributed by atoms with van der Waals surface area (Å²) in [6.45, 7) is 2.98. The van der Waals surface area contributed by atoms with Gasteiger partial charge in [0.2, 0.25) is 0 Å². The molecule has 110 valence electrons. The minimum absolute atomic E-state index is 0.0752. The van der Waals surface area contributed by atoms with Gasteiger partial charge in [-0.1, -0.05) is 30.3 Å². The SMILES string of the molecule is CN[C@H]1COCC(Cc2ccccc2)CC(C)OC1=O. The van der Waals surface area contributed by atoms with Crippen LogP contribution in [0, 0.1) is 5.92 Å². The molecule has 1 heterocycles. The van der Waals surface area contributed by atoms with E-state index < -0.39 is 0 Å². The lowest BCUT2D eigenvalue weighted by atomic mass is 9.95. The quantitative estimate of drug-likeness (QED) is 0.856. The Morgan fingerprint density at radius 3 is 2.70 bits per heavy atom. The van der Waals surface area contributed by atoms with Crippen LogP contribution in [-0.4, -0.2) is 38.4 Å². The number of carbonyl (C=O) groups is 1. The van der Waals surface area contributed by atoms with Gasteiger partial charge in [0.25, 0.3) is 0 Å². The monoisotopic (exact) mass is 277 g/mol. The fourth-order valence-electron chi connectivity index (χ4n) is 2.58. The third-order valence-electron chi connectivity index (χ3n) is 3.62. The lowest BCUT2D eigenvalue weighted by Crippen LogP contribution is -2.40. The topological polar surface area (TPSA) is 47.6 Å². The van der Waals surface area contributed by atoms with Crippen LogP contribution >= 0.6 is 0 Å². The van der Waals surface area contributed by atoms with Gasteiger partial charge < -0.3 is 14.8 Å². The number of nitrogens with one attached hydrogen (secondary N) is 1. The summed E-state index contributed by atoms with van der Waals surface area (Å²) in [6, 6.07) is 10.00. The van der Waals surface area contributed by atoms with E-state index in [0.717, 1.165) is 12.8 Å². The maximum atomic E-state index is 11.9. The van der Waals surface area contributed by atoms with E-state index in [1.807, 2.05) is 25.1 Å². The van der Waals surface area contributed by atoms with E-state index in [1.54, 1.807) is 7.05 Å². The highest BCUT2D eigenvalue weighted by molar-refractivity contribution is 5.76. The molecule has 2 unspecified atom stereocenters. The Balaban J connectivity index is 1.99. The van der Waals surface area contributed by atoms with Crippen LogP contribution in [0.1, 0.15) is 18.9 Å². The number of hydrogen-bond acceptors (Lipinski definition) is 4. The van der Waals surface area contributed by atoms with Crippen molar-refractivity contribution >= 4 is 5.97 Å². The van der Waals surface area contributed by atoms with E-state index in [1.165, 1.54) is 5.56 Å². The summed E-state index contributed by atoms with van der Waals surface area (Å²) in [5.41, 5.74) is 1.30. The van der Waals surface area contributed by atoms with Crippen molar-refractivity contribution < 1.29 is 14.3 Å². The molecule has 2 rings (SSSR count). The normalized spacial score (nSPS) is 28.1. The fourth-order valence-corrected chi connectivity index (χ4v) is 2.58. The van der Waals surface area contributed by atoms with Crippen molar-refractivity contribution in [1.29, 1.82) is 0 Å². The highest BCUT2D eigenvalue weighted by Crippen LogP contribution is 2.18. The zero-order valence-corrected chi connectivity index (χ0v) is 12.2. The average Bonchev–Trinajstić information content (AvgIpc) is 2.49. The van der Waals surface area contributed by atoms with Gasteiger partial charge in [-0.15, -0.1) is 0 Å². The number of rotatable bonds is 3. The summed E-state index contributed by atoms with van der Waals surface area (Å²) in [4.78, 5) is 11.9. The van der Waals surface area contributed by atoms with Crippen LogP contribution in [0.4, 0.5) is 0 Å². The molecule has 20 heavy (non-hydrogen) atoms. The number of ether oxygens (including phenoxy) is 2. The number of esters is 1. The summed E-state index contributed by atoms with van der Waals surface area (Å²) in [7, 11) is 1.75. The van der Waals surface area contributed by atoms with Gasteiger partial charge in [0.05, 0.1) is 12.7 Å². The van der Waals surface area contributed by atoms with Crippen LogP contribution in [-0.2, 0) is 20.7 Å². The van der Waals surface area contributed by atoms with Crippen molar-refractivity contribution in [3.63, 3.8) is 0 Å². The second-order valence-electron chi connectivity index (χ2n) is 5.42. The molecule has 0 bridgehead atoms. The minimum Gasteiger partial charge on any atom is -0.461 e. The molecule has 0 amide bonds. The Labute approximate surface area is 120 Å². The molecule has 0 radical (unpaired) electrons. The van der Waals surface area contributed by atoms with Crippen molar-refractivity contribution in [2.75, 3.05) is 20.3 Å². The molecule has 0 spiro atoms. The van der Waals surface area contributed by atoms with E-state index in [2.05, 4.69) is 17.4 Å². The predicted octanol–water partition coefficient (Wildman–Crippen LogP) is 1.79. The Bertz CT molecular complexity index is 421. The molecule has 3 atom stereocenters. The van der Waals surface area contributed by atoms with Gasteiger partial charge in [-0.2, -0.15) is 0 Å². The molecule has 1 saturated heterocycles. The molecule has 4 heteroatoms. The van der Waals surface area contributed by atoms with Gasteiger partial charge in [-0.05, 0) is 38.3 Å². The molecular formula is C16H23NO3. The molecule has 0 aromatic heterocycles. The van der Waals surface area contributed by atoms with Gasteiger partial charge in [-0.3, -0.25) is 4.79 Å².